The van der Waals surface area contributed by atoms with E-state index in [1.807, 2.05) is 60.7 Å². The molecule has 1 aromatic heterocycles. The molecule has 10 heteroatoms. The molecule has 2 N–H and O–H groups in total. The molecule has 0 radical (unpaired) electrons. The molecule has 45 heavy (non-hydrogen) atoms. The number of ether oxygens (including phenoxy) is 5. The average Bonchev–Trinajstić information content (AvgIpc) is 3.55. The van der Waals surface area contributed by atoms with E-state index < -0.39 is 0 Å². The van der Waals surface area contributed by atoms with E-state index in [9.17, 15) is 4.79 Å². The lowest BCUT2D eigenvalue weighted by Gasteiger charge is -2.15. The third kappa shape index (κ3) is 5.22. The Hall–Kier alpha value is -6.03. The van der Waals surface area contributed by atoms with Crippen molar-refractivity contribution >= 4 is 44.8 Å². The lowest BCUT2D eigenvalue weighted by Crippen LogP contribution is -2.13. The summed E-state index contributed by atoms with van der Waals surface area (Å²) in [4.78, 5) is 23.3. The Kier molecular flexibility index (Phi) is 7.14. The van der Waals surface area contributed by atoms with Gasteiger partial charge in [-0.15, -0.1) is 0 Å². The fourth-order valence-corrected chi connectivity index (χ4v) is 5.37. The van der Waals surface area contributed by atoms with E-state index >= 15 is 0 Å². The van der Waals surface area contributed by atoms with Crippen molar-refractivity contribution in [1.82, 2.24) is 9.97 Å². The molecule has 0 spiro atoms. The zero-order valence-corrected chi connectivity index (χ0v) is 24.7. The van der Waals surface area contributed by atoms with Crippen molar-refractivity contribution in [3.63, 3.8) is 0 Å². The predicted molar refractivity (Wildman–Crippen MR) is 172 cm³/mol. The fourth-order valence-electron chi connectivity index (χ4n) is 5.37. The molecule has 1 aliphatic rings. The summed E-state index contributed by atoms with van der Waals surface area (Å²) in [6, 6.07) is 28.5. The maximum Gasteiger partial charge on any atom is 0.255 e. The van der Waals surface area contributed by atoms with Gasteiger partial charge >= 0.3 is 0 Å². The highest BCUT2D eigenvalue weighted by Crippen LogP contribution is 2.39. The van der Waals surface area contributed by atoms with Crippen molar-refractivity contribution in [2.45, 2.75) is 0 Å². The zero-order chi connectivity index (χ0) is 30.9. The summed E-state index contributed by atoms with van der Waals surface area (Å²) >= 11 is 0. The normalized spacial score (nSPS) is 11.8. The maximum atomic E-state index is 13.4. The van der Waals surface area contributed by atoms with Gasteiger partial charge in [0.2, 0.25) is 12.5 Å². The minimum Gasteiger partial charge on any atom is -0.493 e. The van der Waals surface area contributed by atoms with Gasteiger partial charge in [0.05, 0.1) is 26.8 Å². The van der Waals surface area contributed by atoms with E-state index in [-0.39, 0.29) is 12.7 Å². The molecule has 0 atom stereocenters. The van der Waals surface area contributed by atoms with Gasteiger partial charge in [-0.05, 0) is 53.2 Å². The first-order valence-corrected chi connectivity index (χ1v) is 14.1. The molecule has 224 valence electrons. The number of rotatable bonds is 8. The van der Waals surface area contributed by atoms with Crippen LogP contribution in [-0.2, 0) is 0 Å². The molecule has 0 aliphatic carbocycles. The van der Waals surface area contributed by atoms with Crippen molar-refractivity contribution in [3.8, 4) is 40.1 Å². The number of benzene rings is 5. The molecule has 5 aromatic carbocycles. The first kappa shape index (κ1) is 27.8. The van der Waals surface area contributed by atoms with Crippen molar-refractivity contribution < 1.29 is 28.5 Å². The number of nitrogens with one attached hydrogen (secondary N) is 2. The first-order valence-electron chi connectivity index (χ1n) is 14.1. The summed E-state index contributed by atoms with van der Waals surface area (Å²) in [5.74, 6) is 3.26. The Bertz CT molecular complexity index is 2070. The Morgan fingerprint density at radius 2 is 1.49 bits per heavy atom. The molecule has 10 nitrogen and oxygen atoms in total. The van der Waals surface area contributed by atoms with Crippen LogP contribution in [0.15, 0.2) is 91.0 Å². The van der Waals surface area contributed by atoms with Crippen LogP contribution in [0.3, 0.4) is 0 Å². The van der Waals surface area contributed by atoms with Crippen LogP contribution in [-0.4, -0.2) is 44.0 Å². The monoisotopic (exact) mass is 600 g/mol. The molecule has 0 unspecified atom stereocenters. The van der Waals surface area contributed by atoms with Crippen LogP contribution in [0.2, 0.25) is 0 Å². The Balaban J connectivity index is 1.30. The SMILES string of the molecule is COc1cc(C(=O)Nc2ccc3nc(-c4cccc5ccccc45)nc(Nc4ccc5c(c4)OCO5)c3c2)cc(OC)c1OC. The van der Waals surface area contributed by atoms with Crippen molar-refractivity contribution in [1.29, 1.82) is 0 Å². The second-order valence-corrected chi connectivity index (χ2v) is 10.2. The van der Waals surface area contributed by atoms with Crippen molar-refractivity contribution in [2.24, 2.45) is 0 Å². The summed E-state index contributed by atoms with van der Waals surface area (Å²) < 4.78 is 27.3. The molecular weight excluding hydrogens is 572 g/mol. The number of carbonyl (C=O) groups is 1. The molecule has 1 aliphatic heterocycles. The molecule has 0 saturated heterocycles. The van der Waals surface area contributed by atoms with Gasteiger partial charge in [0.15, 0.2) is 28.8 Å². The van der Waals surface area contributed by atoms with Gasteiger partial charge in [-0.25, -0.2) is 9.97 Å². The molecule has 7 rings (SSSR count). The summed E-state index contributed by atoms with van der Waals surface area (Å²) in [6.45, 7) is 0.176. The van der Waals surface area contributed by atoms with Crippen LogP contribution in [0.1, 0.15) is 10.4 Å². The molecule has 2 heterocycles. The number of nitrogens with zero attached hydrogens (tertiary/aromatic N) is 2. The smallest absolute Gasteiger partial charge is 0.255 e. The molecular formula is C35H28N4O6. The number of amides is 1. The summed E-state index contributed by atoms with van der Waals surface area (Å²) in [5.41, 5.74) is 3.25. The highest BCUT2D eigenvalue weighted by molar-refractivity contribution is 6.07. The lowest BCUT2D eigenvalue weighted by atomic mass is 10.0. The highest BCUT2D eigenvalue weighted by atomic mass is 16.7. The molecule has 6 aromatic rings. The third-order valence-electron chi connectivity index (χ3n) is 7.55. The number of anilines is 3. The molecule has 0 saturated carbocycles. The topological polar surface area (TPSA) is 113 Å². The van der Waals surface area contributed by atoms with Gasteiger partial charge < -0.3 is 34.3 Å². The van der Waals surface area contributed by atoms with Crippen LogP contribution in [0.25, 0.3) is 33.1 Å². The zero-order valence-electron chi connectivity index (χ0n) is 24.7. The van der Waals surface area contributed by atoms with Gasteiger partial charge in [0, 0.05) is 34.0 Å². The average molecular weight is 601 g/mol. The van der Waals surface area contributed by atoms with E-state index in [0.29, 0.717) is 62.5 Å². The van der Waals surface area contributed by atoms with Gasteiger partial charge in [-0.3, -0.25) is 4.79 Å². The van der Waals surface area contributed by atoms with E-state index in [4.69, 9.17) is 33.7 Å². The van der Waals surface area contributed by atoms with E-state index in [0.717, 1.165) is 22.0 Å². The van der Waals surface area contributed by atoms with Crippen LogP contribution < -0.4 is 34.3 Å². The van der Waals surface area contributed by atoms with Gasteiger partial charge in [0.25, 0.3) is 5.91 Å². The quantitative estimate of drug-likeness (QED) is 0.187. The Labute approximate surface area is 258 Å². The number of carbonyl (C=O) groups excluding carboxylic acids is 1. The second-order valence-electron chi connectivity index (χ2n) is 10.2. The largest absolute Gasteiger partial charge is 0.493 e. The summed E-state index contributed by atoms with van der Waals surface area (Å²) in [6.07, 6.45) is 0. The molecule has 0 bridgehead atoms. The van der Waals surface area contributed by atoms with Gasteiger partial charge in [-0.1, -0.05) is 42.5 Å². The number of hydrogen-bond acceptors (Lipinski definition) is 9. The standard InChI is InChI=1S/C35H28N4O6/c1-41-30-15-21(16-31(42-2)32(30)43-3)35(40)37-22-11-13-27-26(17-22)34(36-23-12-14-28-29(18-23)45-19-44-28)39-33(38-27)25-10-6-8-20-7-4-5-9-24(20)25/h4-18H,19H2,1-3H3,(H,37,40)(H,36,38,39). The van der Waals surface area contributed by atoms with Crippen molar-refractivity contribution in [2.75, 3.05) is 38.8 Å². The van der Waals surface area contributed by atoms with Crippen LogP contribution in [0.4, 0.5) is 17.2 Å². The Morgan fingerprint density at radius 1 is 0.733 bits per heavy atom. The van der Waals surface area contributed by atoms with Crippen LogP contribution >= 0.6 is 0 Å². The number of fused-ring (bicyclic) bond motifs is 3. The maximum absolute atomic E-state index is 13.4. The van der Waals surface area contributed by atoms with Crippen LogP contribution in [0.5, 0.6) is 28.7 Å². The highest BCUT2D eigenvalue weighted by Gasteiger charge is 2.19. The summed E-state index contributed by atoms with van der Waals surface area (Å²) in [7, 11) is 4.52. The minimum atomic E-state index is -0.354. The van der Waals surface area contributed by atoms with E-state index in [1.165, 1.54) is 21.3 Å². The lowest BCUT2D eigenvalue weighted by molar-refractivity contribution is 0.102. The number of methoxy groups -OCH3 is 3. The Morgan fingerprint density at radius 3 is 2.29 bits per heavy atom. The van der Waals surface area contributed by atoms with E-state index in [1.54, 1.807) is 12.1 Å². The van der Waals surface area contributed by atoms with Gasteiger partial charge in [0.1, 0.15) is 5.82 Å². The summed E-state index contributed by atoms with van der Waals surface area (Å²) in [5, 5.41) is 9.26. The third-order valence-corrected chi connectivity index (χ3v) is 7.55. The van der Waals surface area contributed by atoms with E-state index in [2.05, 4.69) is 28.8 Å². The van der Waals surface area contributed by atoms with Crippen molar-refractivity contribution in [3.05, 3.63) is 96.6 Å². The first-order chi connectivity index (χ1) is 22.0. The van der Waals surface area contributed by atoms with Gasteiger partial charge in [-0.2, -0.15) is 0 Å². The minimum absolute atomic E-state index is 0.176. The second kappa shape index (κ2) is 11.6. The fraction of sp³-hybridized carbons (Fsp3) is 0.114. The predicted octanol–water partition coefficient (Wildman–Crippen LogP) is 7.20. The molecule has 0 fully saturated rings. The van der Waals surface area contributed by atoms with Crippen LogP contribution in [0, 0.1) is 0 Å². The number of aromatic nitrogens is 2. The molecule has 1 amide bonds. The number of hydrogen-bond donors (Lipinski definition) is 2.